The van der Waals surface area contributed by atoms with Crippen LogP contribution in [0.15, 0.2) is 30.3 Å². The number of ether oxygens (including phenoxy) is 1. The van der Waals surface area contributed by atoms with Crippen LogP contribution in [0.3, 0.4) is 0 Å². The summed E-state index contributed by atoms with van der Waals surface area (Å²) < 4.78 is 5.82. The molecule has 0 bridgehead atoms. The predicted octanol–water partition coefficient (Wildman–Crippen LogP) is 1.32. The van der Waals surface area contributed by atoms with E-state index < -0.39 is 36.4 Å². The Morgan fingerprint density at radius 3 is 2.53 bits per heavy atom. The third-order valence-electron chi connectivity index (χ3n) is 6.84. The van der Waals surface area contributed by atoms with E-state index in [-0.39, 0.29) is 42.3 Å². The van der Waals surface area contributed by atoms with Gasteiger partial charge in [-0.2, -0.15) is 0 Å². The molecule has 1 saturated carbocycles. The Morgan fingerprint density at radius 2 is 1.84 bits per heavy atom. The van der Waals surface area contributed by atoms with E-state index >= 15 is 0 Å². The van der Waals surface area contributed by atoms with Gasteiger partial charge < -0.3 is 30.5 Å². The lowest BCUT2D eigenvalue weighted by molar-refractivity contribution is -0.140. The molecule has 202 valence electrons. The molecule has 2 fully saturated rings. The number of likely N-dealkylation sites (tertiary alicyclic amines) is 1. The molecule has 2 aliphatic rings. The van der Waals surface area contributed by atoms with Crippen molar-refractivity contribution in [1.29, 1.82) is 0 Å². The average Bonchev–Trinajstić information content (AvgIpc) is 3.36. The third-order valence-corrected chi connectivity index (χ3v) is 6.84. The van der Waals surface area contributed by atoms with Crippen molar-refractivity contribution >= 4 is 40.6 Å². The Bertz CT molecular complexity index is 1240. The summed E-state index contributed by atoms with van der Waals surface area (Å²) in [5, 5.41) is 24.0. The van der Waals surface area contributed by atoms with E-state index in [9.17, 15) is 29.1 Å². The summed E-state index contributed by atoms with van der Waals surface area (Å²) in [4.78, 5) is 66.6. The largest absolute Gasteiger partial charge is 0.483 e. The zero-order valence-electron chi connectivity index (χ0n) is 20.7. The SMILES string of the molecule is O=C(O)CC[C@H](NC(=O)c1cc(OCC(=O)N2CCC[C@H]2C(=O)NC2CCC2)c2ccccc2n1)C(=O)O. The molecule has 0 spiro atoms. The van der Waals surface area contributed by atoms with Gasteiger partial charge in [0.05, 0.1) is 5.52 Å². The van der Waals surface area contributed by atoms with Crippen LogP contribution >= 0.6 is 0 Å². The van der Waals surface area contributed by atoms with Gasteiger partial charge in [0, 0.05) is 30.5 Å². The Morgan fingerprint density at radius 1 is 1.08 bits per heavy atom. The fourth-order valence-corrected chi connectivity index (χ4v) is 4.55. The van der Waals surface area contributed by atoms with Crippen molar-refractivity contribution < 1.29 is 38.9 Å². The molecule has 12 nitrogen and oxygen atoms in total. The first-order valence-corrected chi connectivity index (χ1v) is 12.6. The van der Waals surface area contributed by atoms with Crippen LogP contribution in [-0.2, 0) is 19.2 Å². The molecule has 1 aromatic heterocycles. The Hall–Kier alpha value is -4.22. The van der Waals surface area contributed by atoms with E-state index in [1.165, 1.54) is 11.0 Å². The number of pyridine rings is 1. The number of amides is 3. The summed E-state index contributed by atoms with van der Waals surface area (Å²) in [5.74, 6) is -3.69. The number of carbonyl (C=O) groups excluding carboxylic acids is 3. The summed E-state index contributed by atoms with van der Waals surface area (Å²) in [6.07, 6.45) is 3.55. The molecular weight excluding hydrogens is 496 g/mol. The van der Waals surface area contributed by atoms with Crippen LogP contribution < -0.4 is 15.4 Å². The van der Waals surface area contributed by atoms with E-state index in [0.717, 1.165) is 19.3 Å². The van der Waals surface area contributed by atoms with E-state index in [1.807, 2.05) is 0 Å². The fraction of sp³-hybridized carbons (Fsp3) is 0.462. The lowest BCUT2D eigenvalue weighted by Crippen LogP contribution is -2.51. The summed E-state index contributed by atoms with van der Waals surface area (Å²) in [5.41, 5.74) is 0.241. The van der Waals surface area contributed by atoms with E-state index in [4.69, 9.17) is 9.84 Å². The van der Waals surface area contributed by atoms with Gasteiger partial charge in [0.25, 0.3) is 11.8 Å². The second kappa shape index (κ2) is 11.9. The first-order valence-electron chi connectivity index (χ1n) is 12.6. The highest BCUT2D eigenvalue weighted by molar-refractivity contribution is 5.99. The van der Waals surface area contributed by atoms with Crippen LogP contribution in [0.1, 0.15) is 55.4 Å². The monoisotopic (exact) mass is 526 g/mol. The van der Waals surface area contributed by atoms with Crippen molar-refractivity contribution in [2.24, 2.45) is 0 Å². The predicted molar refractivity (Wildman–Crippen MR) is 134 cm³/mol. The second-order valence-corrected chi connectivity index (χ2v) is 9.49. The molecule has 2 aromatic rings. The molecular formula is C26H30N4O8. The highest BCUT2D eigenvalue weighted by atomic mass is 16.5. The fourth-order valence-electron chi connectivity index (χ4n) is 4.55. The molecule has 12 heteroatoms. The van der Waals surface area contributed by atoms with Crippen molar-refractivity contribution in [1.82, 2.24) is 20.5 Å². The minimum Gasteiger partial charge on any atom is -0.483 e. The van der Waals surface area contributed by atoms with Gasteiger partial charge in [0.1, 0.15) is 23.5 Å². The van der Waals surface area contributed by atoms with Crippen molar-refractivity contribution in [2.75, 3.05) is 13.2 Å². The molecule has 2 heterocycles. The summed E-state index contributed by atoms with van der Waals surface area (Å²) >= 11 is 0. The number of carboxylic acids is 2. The van der Waals surface area contributed by atoms with Crippen molar-refractivity contribution in [2.45, 2.75) is 63.1 Å². The Balaban J connectivity index is 1.47. The Kier molecular flexibility index (Phi) is 8.39. The van der Waals surface area contributed by atoms with Crippen LogP contribution in [0.4, 0.5) is 0 Å². The van der Waals surface area contributed by atoms with E-state index in [1.54, 1.807) is 24.3 Å². The molecule has 0 radical (unpaired) electrons. The van der Waals surface area contributed by atoms with Crippen LogP contribution in [-0.4, -0.2) is 81.0 Å². The average molecular weight is 527 g/mol. The molecule has 4 rings (SSSR count). The maximum Gasteiger partial charge on any atom is 0.326 e. The Labute approximate surface area is 218 Å². The van der Waals surface area contributed by atoms with Crippen LogP contribution in [0.25, 0.3) is 10.9 Å². The number of carboxylic acid groups (broad SMARTS) is 2. The lowest BCUT2D eigenvalue weighted by atomic mass is 9.93. The number of para-hydroxylation sites is 1. The molecule has 1 aliphatic carbocycles. The number of nitrogens with zero attached hydrogens (tertiary/aromatic N) is 2. The smallest absolute Gasteiger partial charge is 0.326 e. The number of benzene rings is 1. The van der Waals surface area contributed by atoms with Crippen LogP contribution in [0.5, 0.6) is 5.75 Å². The molecule has 4 N–H and O–H groups in total. The topological polar surface area (TPSA) is 175 Å². The molecule has 2 atom stereocenters. The number of aliphatic carboxylic acids is 2. The standard InChI is InChI=1S/C26H30N4O8/c31-22(30-12-4-9-20(30)25(35)27-15-5-3-6-15)14-38-21-13-19(28-17-8-2-1-7-16(17)21)24(34)29-18(26(36)37)10-11-23(32)33/h1-2,7-8,13,15,18,20H,3-6,9-12,14H2,(H,27,35)(H,29,34)(H,32,33)(H,36,37)/t18-,20-/m0/s1. The molecule has 38 heavy (non-hydrogen) atoms. The number of carbonyl (C=O) groups is 5. The summed E-state index contributed by atoms with van der Waals surface area (Å²) in [6, 6.07) is 6.32. The first-order chi connectivity index (χ1) is 18.2. The molecule has 0 unspecified atom stereocenters. The minimum absolute atomic E-state index is 0.147. The van der Waals surface area contributed by atoms with Crippen molar-refractivity contribution in [3.63, 3.8) is 0 Å². The summed E-state index contributed by atoms with van der Waals surface area (Å²) in [7, 11) is 0. The maximum absolute atomic E-state index is 13.0. The normalized spacial score (nSPS) is 17.9. The van der Waals surface area contributed by atoms with Gasteiger partial charge in [-0.05, 0) is 50.7 Å². The van der Waals surface area contributed by atoms with Gasteiger partial charge in [0.2, 0.25) is 5.91 Å². The number of rotatable bonds is 11. The van der Waals surface area contributed by atoms with Gasteiger partial charge in [-0.1, -0.05) is 12.1 Å². The van der Waals surface area contributed by atoms with Crippen LogP contribution in [0, 0.1) is 0 Å². The first kappa shape index (κ1) is 26.8. The number of hydrogen-bond donors (Lipinski definition) is 4. The number of aromatic nitrogens is 1. The molecule has 1 aliphatic heterocycles. The lowest BCUT2D eigenvalue weighted by Gasteiger charge is -2.30. The quantitative estimate of drug-likeness (QED) is 0.336. The summed E-state index contributed by atoms with van der Waals surface area (Å²) in [6.45, 7) is 0.0846. The maximum atomic E-state index is 13.0. The highest BCUT2D eigenvalue weighted by Gasteiger charge is 2.35. The molecule has 3 amide bonds. The third kappa shape index (κ3) is 6.36. The second-order valence-electron chi connectivity index (χ2n) is 9.49. The van der Waals surface area contributed by atoms with Gasteiger partial charge >= 0.3 is 11.9 Å². The van der Waals surface area contributed by atoms with Gasteiger partial charge in [-0.25, -0.2) is 9.78 Å². The van der Waals surface area contributed by atoms with Gasteiger partial charge in [-0.3, -0.25) is 19.2 Å². The van der Waals surface area contributed by atoms with E-state index in [2.05, 4.69) is 15.6 Å². The zero-order chi connectivity index (χ0) is 27.2. The van der Waals surface area contributed by atoms with Crippen molar-refractivity contribution in [3.8, 4) is 5.75 Å². The number of nitrogens with one attached hydrogen (secondary N) is 2. The zero-order valence-corrected chi connectivity index (χ0v) is 20.7. The highest BCUT2D eigenvalue weighted by Crippen LogP contribution is 2.27. The number of fused-ring (bicyclic) bond motifs is 1. The van der Waals surface area contributed by atoms with E-state index in [0.29, 0.717) is 30.3 Å². The molecule has 1 saturated heterocycles. The van der Waals surface area contributed by atoms with Crippen molar-refractivity contribution in [3.05, 3.63) is 36.0 Å². The molecule has 1 aromatic carbocycles. The minimum atomic E-state index is -1.42. The van der Waals surface area contributed by atoms with Gasteiger partial charge in [-0.15, -0.1) is 0 Å². The van der Waals surface area contributed by atoms with Crippen LogP contribution in [0.2, 0.25) is 0 Å². The van der Waals surface area contributed by atoms with Gasteiger partial charge in [0.15, 0.2) is 6.61 Å². The number of hydrogen-bond acceptors (Lipinski definition) is 7.